The summed E-state index contributed by atoms with van der Waals surface area (Å²) in [6, 6.07) is 5.20. The molecule has 13 nitrogen and oxygen atoms in total. The van der Waals surface area contributed by atoms with Crippen LogP contribution in [0.4, 0.5) is 5.82 Å². The molecule has 0 aliphatic carbocycles. The van der Waals surface area contributed by atoms with Crippen molar-refractivity contribution in [2.24, 2.45) is 0 Å². The van der Waals surface area contributed by atoms with Crippen molar-refractivity contribution in [3.05, 3.63) is 40.0 Å². The molecule has 172 valence electrons. The van der Waals surface area contributed by atoms with Gasteiger partial charge in [0.1, 0.15) is 30.4 Å². The smallest absolute Gasteiger partial charge is 0.469 e. The van der Waals surface area contributed by atoms with E-state index in [-0.39, 0.29) is 12.3 Å². The molecule has 0 amide bonds. The zero-order valence-electron chi connectivity index (χ0n) is 16.2. The van der Waals surface area contributed by atoms with E-state index in [0.717, 1.165) is 3.57 Å². The molecule has 1 aliphatic heterocycles. The number of hydrogen-bond acceptors (Lipinski definition) is 10. The SMILES string of the molecule is O=P(O)(O)OC[C@H]1O[C@@H](n2cnc3c(NCc4cc(I)ccc4O)ncnc32)[C@H](O)[C@@H]1O. The second kappa shape index (κ2) is 9.15. The fraction of sp³-hybridized carbons (Fsp3) is 0.353. The number of ether oxygens (including phenoxy) is 1. The molecule has 0 bridgehead atoms. The Morgan fingerprint density at radius 3 is 2.75 bits per heavy atom. The van der Waals surface area contributed by atoms with E-state index in [0.29, 0.717) is 22.5 Å². The lowest BCUT2D eigenvalue weighted by molar-refractivity contribution is -0.0504. The van der Waals surface area contributed by atoms with Gasteiger partial charge in [-0.05, 0) is 40.8 Å². The van der Waals surface area contributed by atoms with Crippen LogP contribution < -0.4 is 5.32 Å². The van der Waals surface area contributed by atoms with Crippen LogP contribution in [-0.4, -0.2) is 69.5 Å². The fourth-order valence-electron chi connectivity index (χ4n) is 3.31. The van der Waals surface area contributed by atoms with Crippen molar-refractivity contribution in [2.45, 2.75) is 31.1 Å². The average molecular weight is 579 g/mol. The molecule has 0 radical (unpaired) electrons. The van der Waals surface area contributed by atoms with E-state index in [1.807, 2.05) is 6.07 Å². The summed E-state index contributed by atoms with van der Waals surface area (Å²) in [6.45, 7) is -0.350. The van der Waals surface area contributed by atoms with Gasteiger partial charge in [0.25, 0.3) is 0 Å². The molecule has 1 fully saturated rings. The normalized spacial score (nSPS) is 23.7. The first-order valence-electron chi connectivity index (χ1n) is 9.24. The highest BCUT2D eigenvalue weighted by atomic mass is 127. The maximum Gasteiger partial charge on any atom is 0.469 e. The quantitative estimate of drug-likeness (QED) is 0.168. The summed E-state index contributed by atoms with van der Waals surface area (Å²) in [6.07, 6.45) is -2.55. The van der Waals surface area contributed by atoms with E-state index in [1.54, 1.807) is 12.1 Å². The number of phenols is 1. The number of nitrogens with zero attached hydrogens (tertiary/aromatic N) is 4. The number of aromatic hydroxyl groups is 1. The molecule has 2 aromatic heterocycles. The summed E-state index contributed by atoms with van der Waals surface area (Å²) in [4.78, 5) is 30.3. The molecule has 4 atom stereocenters. The van der Waals surface area contributed by atoms with Gasteiger partial charge in [-0.2, -0.15) is 0 Å². The molecule has 3 heterocycles. The van der Waals surface area contributed by atoms with Gasteiger partial charge >= 0.3 is 7.82 Å². The maximum absolute atomic E-state index is 10.9. The molecule has 0 unspecified atom stereocenters. The standard InChI is InChI=1S/C17H19IN5O8P/c18-9-1-2-10(24)8(3-9)4-19-15-12-16(21-6-20-15)23(7-22-12)17-14(26)13(25)11(31-17)5-30-32(27,28)29/h1-3,6-7,11,13-14,17,24-26H,4-5H2,(H,19,20,21)(H2,27,28,29)/t11-,13-,14-,17-/m1/s1. The van der Waals surface area contributed by atoms with Crippen molar-refractivity contribution in [3.63, 3.8) is 0 Å². The summed E-state index contributed by atoms with van der Waals surface area (Å²) < 4.78 is 23.2. The average Bonchev–Trinajstić information content (AvgIpc) is 3.28. The van der Waals surface area contributed by atoms with Gasteiger partial charge in [0.2, 0.25) is 0 Å². The number of aliphatic hydroxyl groups is 2. The topological polar surface area (TPSA) is 192 Å². The molecule has 0 saturated carbocycles. The van der Waals surface area contributed by atoms with Gasteiger partial charge in [-0.25, -0.2) is 19.5 Å². The summed E-state index contributed by atoms with van der Waals surface area (Å²) in [7, 11) is -4.77. The van der Waals surface area contributed by atoms with Crippen molar-refractivity contribution in [1.82, 2.24) is 19.5 Å². The Balaban J connectivity index is 1.55. The fourth-order valence-corrected chi connectivity index (χ4v) is 4.21. The van der Waals surface area contributed by atoms with Gasteiger partial charge in [-0.15, -0.1) is 0 Å². The third-order valence-corrected chi connectivity index (χ3v) is 6.02. The van der Waals surface area contributed by atoms with Crippen molar-refractivity contribution in [3.8, 4) is 5.75 Å². The summed E-state index contributed by atoms with van der Waals surface area (Å²) >= 11 is 2.14. The van der Waals surface area contributed by atoms with E-state index in [2.05, 4.69) is 47.4 Å². The number of phenolic OH excluding ortho intramolecular Hbond substituents is 1. The number of rotatable bonds is 7. The molecule has 1 aliphatic rings. The van der Waals surface area contributed by atoms with Gasteiger partial charge in [0, 0.05) is 15.7 Å². The molecule has 1 aromatic carbocycles. The monoisotopic (exact) mass is 579 g/mol. The molecule has 0 spiro atoms. The Bertz CT molecular complexity index is 1170. The van der Waals surface area contributed by atoms with Crippen LogP contribution in [0.2, 0.25) is 0 Å². The molecule has 6 N–H and O–H groups in total. The number of hydrogen-bond donors (Lipinski definition) is 6. The highest BCUT2D eigenvalue weighted by Gasteiger charge is 2.45. The first-order valence-corrected chi connectivity index (χ1v) is 11.9. The first-order chi connectivity index (χ1) is 15.1. The van der Waals surface area contributed by atoms with E-state index >= 15 is 0 Å². The molecular weight excluding hydrogens is 560 g/mol. The molecule has 32 heavy (non-hydrogen) atoms. The van der Waals surface area contributed by atoms with Gasteiger partial charge in [-0.1, -0.05) is 0 Å². The summed E-state index contributed by atoms with van der Waals surface area (Å²) in [5.41, 5.74) is 1.31. The Morgan fingerprint density at radius 2 is 2.00 bits per heavy atom. The number of imidazole rings is 1. The molecule has 15 heteroatoms. The summed E-state index contributed by atoms with van der Waals surface area (Å²) in [5, 5.41) is 33.7. The van der Waals surface area contributed by atoms with E-state index in [1.165, 1.54) is 17.2 Å². The Hall–Kier alpha value is -1.91. The van der Waals surface area contributed by atoms with Crippen LogP contribution in [0.25, 0.3) is 11.2 Å². The number of phosphoric acid groups is 1. The zero-order valence-corrected chi connectivity index (χ0v) is 19.2. The van der Waals surface area contributed by atoms with Crippen LogP contribution in [0.5, 0.6) is 5.75 Å². The van der Waals surface area contributed by atoms with Gasteiger partial charge in [-0.3, -0.25) is 9.09 Å². The Kier molecular flexibility index (Phi) is 6.65. The number of halogens is 1. The van der Waals surface area contributed by atoms with E-state index < -0.39 is 39.0 Å². The number of aliphatic hydroxyl groups excluding tert-OH is 2. The Morgan fingerprint density at radius 1 is 1.22 bits per heavy atom. The van der Waals surface area contributed by atoms with E-state index in [9.17, 15) is 19.9 Å². The molecule has 3 aromatic rings. The lowest BCUT2D eigenvalue weighted by Gasteiger charge is -2.16. The second-order valence-electron chi connectivity index (χ2n) is 7.01. The van der Waals surface area contributed by atoms with Crippen LogP contribution in [0.1, 0.15) is 11.8 Å². The number of benzene rings is 1. The number of aromatic nitrogens is 4. The van der Waals surface area contributed by atoms with Gasteiger partial charge < -0.3 is 35.2 Å². The minimum absolute atomic E-state index is 0.133. The highest BCUT2D eigenvalue weighted by molar-refractivity contribution is 14.1. The number of phosphoric ester groups is 1. The predicted octanol–water partition coefficient (Wildman–Crippen LogP) is 0.477. The number of nitrogens with one attached hydrogen (secondary N) is 1. The van der Waals surface area contributed by atoms with Gasteiger partial charge in [0.05, 0.1) is 12.9 Å². The van der Waals surface area contributed by atoms with Crippen molar-refractivity contribution in [2.75, 3.05) is 11.9 Å². The van der Waals surface area contributed by atoms with Gasteiger partial charge in [0.15, 0.2) is 23.2 Å². The third-order valence-electron chi connectivity index (χ3n) is 4.86. The minimum Gasteiger partial charge on any atom is -0.508 e. The van der Waals surface area contributed by atoms with Crippen molar-refractivity contribution in [1.29, 1.82) is 0 Å². The highest BCUT2D eigenvalue weighted by Crippen LogP contribution is 2.39. The van der Waals surface area contributed by atoms with Crippen LogP contribution in [0, 0.1) is 3.57 Å². The van der Waals surface area contributed by atoms with Crippen molar-refractivity contribution < 1.29 is 38.9 Å². The minimum atomic E-state index is -4.77. The van der Waals surface area contributed by atoms with Crippen LogP contribution in [-0.2, 0) is 20.4 Å². The predicted molar refractivity (Wildman–Crippen MR) is 117 cm³/mol. The lowest BCUT2D eigenvalue weighted by Crippen LogP contribution is -2.33. The van der Waals surface area contributed by atoms with E-state index in [4.69, 9.17) is 14.5 Å². The largest absolute Gasteiger partial charge is 0.508 e. The maximum atomic E-state index is 10.9. The number of anilines is 1. The zero-order chi connectivity index (χ0) is 23.0. The van der Waals surface area contributed by atoms with Crippen molar-refractivity contribution >= 4 is 47.4 Å². The second-order valence-corrected chi connectivity index (χ2v) is 9.49. The molecule has 4 rings (SSSR count). The van der Waals surface area contributed by atoms with Crippen LogP contribution in [0.15, 0.2) is 30.9 Å². The number of fused-ring (bicyclic) bond motifs is 1. The molecular formula is C17H19IN5O8P. The lowest BCUT2D eigenvalue weighted by atomic mass is 10.1. The third kappa shape index (κ3) is 4.87. The van der Waals surface area contributed by atoms with Crippen LogP contribution in [0.3, 0.4) is 0 Å². The molecule has 1 saturated heterocycles. The summed E-state index contributed by atoms with van der Waals surface area (Å²) in [5.74, 6) is 0.509. The Labute approximate surface area is 194 Å². The van der Waals surface area contributed by atoms with Crippen LogP contribution >= 0.6 is 30.4 Å². The first kappa shape index (κ1) is 23.3.